The predicted octanol–water partition coefficient (Wildman–Crippen LogP) is 1.96. The molecule has 10 nitrogen and oxygen atoms in total. The molecule has 1 fully saturated rings. The molecule has 3 rings (SSSR count). The van der Waals surface area contributed by atoms with Gasteiger partial charge in [0.25, 0.3) is 5.91 Å². The van der Waals surface area contributed by atoms with Gasteiger partial charge in [-0.1, -0.05) is 0 Å². The molecule has 1 aromatic carbocycles. The summed E-state index contributed by atoms with van der Waals surface area (Å²) in [5.74, 6) is -5.52. The smallest absolute Gasteiger partial charge is 0.422 e. The van der Waals surface area contributed by atoms with Crippen LogP contribution in [0.2, 0.25) is 0 Å². The topological polar surface area (TPSA) is 137 Å². The van der Waals surface area contributed by atoms with E-state index < -0.39 is 69.0 Å². The highest BCUT2D eigenvalue weighted by atomic mass is 32.2. The zero-order valence-corrected chi connectivity index (χ0v) is 18.3. The van der Waals surface area contributed by atoms with Gasteiger partial charge in [0.2, 0.25) is 21.9 Å². The molecule has 16 heteroatoms. The number of nitrogens with one attached hydrogen (secondary N) is 3. The van der Waals surface area contributed by atoms with Gasteiger partial charge in [-0.15, -0.1) is 0 Å². The van der Waals surface area contributed by atoms with Crippen molar-refractivity contribution in [2.24, 2.45) is 0 Å². The molecule has 1 atom stereocenters. The standard InChI is InChI=1S/C18H17F5N6O4S/c1-17(8-34(31,32)29(2)16(24)28-17)10-3-9(4-11(19)14(10)20)27-15(30)12-5-26-13(6-25-12)33-7-18(21,22)23/h3-6H,7-8H2,1-2H3,(H2,24,28)(H,27,30)/t17-/m0/s1. The fraction of sp³-hybridized carbons (Fsp3) is 0.333. The number of carbonyl (C=O) groups excluding carboxylic acids is 1. The summed E-state index contributed by atoms with van der Waals surface area (Å²) in [4.78, 5) is 19.5. The third-order valence-electron chi connectivity index (χ3n) is 4.72. The van der Waals surface area contributed by atoms with E-state index in [1.54, 1.807) is 0 Å². The number of benzene rings is 1. The molecule has 0 bridgehead atoms. The van der Waals surface area contributed by atoms with Crippen LogP contribution in [0, 0.1) is 17.0 Å². The molecule has 1 aliphatic heterocycles. The van der Waals surface area contributed by atoms with Gasteiger partial charge in [0.05, 0.1) is 23.7 Å². The van der Waals surface area contributed by atoms with Gasteiger partial charge in [-0.25, -0.2) is 31.5 Å². The number of hydrogen-bond acceptors (Lipinski definition) is 7. The van der Waals surface area contributed by atoms with E-state index in [4.69, 9.17) is 5.41 Å². The highest BCUT2D eigenvalue weighted by Gasteiger charge is 2.44. The molecule has 0 spiro atoms. The highest BCUT2D eigenvalue weighted by Crippen LogP contribution is 2.33. The molecule has 1 aliphatic rings. The Kier molecular flexibility index (Phi) is 6.38. The van der Waals surface area contributed by atoms with Crippen molar-refractivity contribution in [1.29, 1.82) is 5.41 Å². The second kappa shape index (κ2) is 8.66. The summed E-state index contributed by atoms with van der Waals surface area (Å²) in [5.41, 5.74) is -2.86. The van der Waals surface area contributed by atoms with Crippen LogP contribution in [0.1, 0.15) is 23.0 Å². The van der Waals surface area contributed by atoms with Gasteiger partial charge in [-0.05, 0) is 13.0 Å². The fourth-order valence-electron chi connectivity index (χ4n) is 3.04. The normalized spacial score (nSPS) is 20.0. The van der Waals surface area contributed by atoms with Crippen molar-refractivity contribution in [3.8, 4) is 5.88 Å². The summed E-state index contributed by atoms with van der Waals surface area (Å²) < 4.78 is 95.2. The zero-order chi connectivity index (χ0) is 25.5. The largest absolute Gasteiger partial charge is 0.467 e. The quantitative estimate of drug-likeness (QED) is 0.525. The van der Waals surface area contributed by atoms with Crippen molar-refractivity contribution < 1.29 is 39.9 Å². The molecule has 1 amide bonds. The first-order valence-corrected chi connectivity index (χ1v) is 10.9. The van der Waals surface area contributed by atoms with Crippen LogP contribution >= 0.6 is 0 Å². The molecule has 2 heterocycles. The molecule has 0 saturated carbocycles. The minimum Gasteiger partial charge on any atom is -0.467 e. The van der Waals surface area contributed by atoms with Gasteiger partial charge in [0.1, 0.15) is 5.69 Å². The molecule has 3 N–H and O–H groups in total. The summed E-state index contributed by atoms with van der Waals surface area (Å²) >= 11 is 0. The van der Waals surface area contributed by atoms with Crippen molar-refractivity contribution in [2.75, 3.05) is 24.7 Å². The Morgan fingerprint density at radius 2 is 1.97 bits per heavy atom. The first kappa shape index (κ1) is 25.1. The van der Waals surface area contributed by atoms with Crippen LogP contribution in [0.4, 0.5) is 27.6 Å². The number of guanidine groups is 1. The second-order valence-electron chi connectivity index (χ2n) is 7.45. The average molecular weight is 508 g/mol. The van der Waals surface area contributed by atoms with Crippen molar-refractivity contribution in [2.45, 2.75) is 18.6 Å². The molecule has 0 aliphatic carbocycles. The maximum atomic E-state index is 14.6. The second-order valence-corrected chi connectivity index (χ2v) is 9.45. The number of amides is 1. The molecule has 0 radical (unpaired) electrons. The lowest BCUT2D eigenvalue weighted by Gasteiger charge is -2.40. The van der Waals surface area contributed by atoms with Crippen molar-refractivity contribution in [3.05, 3.63) is 47.4 Å². The first-order chi connectivity index (χ1) is 15.6. The summed E-state index contributed by atoms with van der Waals surface area (Å²) in [7, 11) is -2.90. The third kappa shape index (κ3) is 5.32. The number of carbonyl (C=O) groups is 1. The molecule has 0 unspecified atom stereocenters. The van der Waals surface area contributed by atoms with E-state index in [9.17, 15) is 35.2 Å². The molecule has 2 aromatic rings. The van der Waals surface area contributed by atoms with Crippen molar-refractivity contribution in [3.63, 3.8) is 0 Å². The van der Waals surface area contributed by atoms with E-state index >= 15 is 0 Å². The van der Waals surface area contributed by atoms with Crippen LogP contribution in [-0.4, -0.2) is 60.1 Å². The number of nitrogens with zero attached hydrogens (tertiary/aromatic N) is 3. The summed E-state index contributed by atoms with van der Waals surface area (Å²) in [6.45, 7) is -0.360. The molecule has 1 saturated heterocycles. The number of halogens is 5. The van der Waals surface area contributed by atoms with E-state index in [0.29, 0.717) is 10.4 Å². The van der Waals surface area contributed by atoms with E-state index in [0.717, 1.165) is 25.5 Å². The maximum absolute atomic E-state index is 14.6. The van der Waals surface area contributed by atoms with Crippen molar-refractivity contribution in [1.82, 2.24) is 19.6 Å². The molecule has 184 valence electrons. The lowest BCUT2D eigenvalue weighted by Crippen LogP contribution is -2.61. The number of aromatic nitrogens is 2. The van der Waals surface area contributed by atoms with Gasteiger partial charge >= 0.3 is 6.18 Å². The molecule has 1 aromatic heterocycles. The van der Waals surface area contributed by atoms with Crippen LogP contribution in [0.3, 0.4) is 0 Å². The zero-order valence-electron chi connectivity index (χ0n) is 17.5. The van der Waals surface area contributed by atoms with Gasteiger partial charge in [-0.2, -0.15) is 13.2 Å². The van der Waals surface area contributed by atoms with E-state index in [1.165, 1.54) is 6.92 Å². The van der Waals surface area contributed by atoms with Gasteiger partial charge in [-0.3, -0.25) is 10.2 Å². The third-order valence-corrected chi connectivity index (χ3v) is 6.68. The van der Waals surface area contributed by atoms with Crippen LogP contribution in [0.15, 0.2) is 24.5 Å². The fourth-order valence-corrected chi connectivity index (χ4v) is 4.52. The van der Waals surface area contributed by atoms with Gasteiger partial charge in [0.15, 0.2) is 18.2 Å². The number of alkyl halides is 3. The van der Waals surface area contributed by atoms with Crippen LogP contribution in [0.25, 0.3) is 0 Å². The average Bonchev–Trinajstić information content (AvgIpc) is 2.72. The molecular weight excluding hydrogens is 491 g/mol. The van der Waals surface area contributed by atoms with Crippen LogP contribution in [-0.2, 0) is 15.6 Å². The minimum absolute atomic E-state index is 0.274. The predicted molar refractivity (Wildman–Crippen MR) is 108 cm³/mol. The van der Waals surface area contributed by atoms with Gasteiger partial charge < -0.3 is 15.4 Å². The SMILES string of the molecule is CN1C(=N)N[C@](C)(c2cc(NC(=O)c3cnc(OCC(F)(F)F)cn3)cc(F)c2F)CS1(=O)=O. The van der Waals surface area contributed by atoms with E-state index in [1.807, 2.05) is 0 Å². The summed E-state index contributed by atoms with van der Waals surface area (Å²) in [6.07, 6.45) is -3.01. The summed E-state index contributed by atoms with van der Waals surface area (Å²) in [6, 6.07) is 1.63. The summed E-state index contributed by atoms with van der Waals surface area (Å²) in [5, 5.41) is 12.5. The minimum atomic E-state index is -4.60. The number of anilines is 1. The maximum Gasteiger partial charge on any atom is 0.422 e. The lowest BCUT2D eigenvalue weighted by atomic mass is 9.92. The number of ether oxygens (including phenoxy) is 1. The van der Waals surface area contributed by atoms with Crippen LogP contribution < -0.4 is 15.4 Å². The molecule has 34 heavy (non-hydrogen) atoms. The first-order valence-electron chi connectivity index (χ1n) is 9.27. The van der Waals surface area contributed by atoms with Gasteiger partial charge in [0, 0.05) is 24.4 Å². The van der Waals surface area contributed by atoms with E-state index in [2.05, 4.69) is 25.3 Å². The number of rotatable bonds is 5. The Morgan fingerprint density at radius 1 is 1.29 bits per heavy atom. The van der Waals surface area contributed by atoms with Crippen molar-refractivity contribution >= 4 is 27.6 Å². The highest BCUT2D eigenvalue weighted by molar-refractivity contribution is 7.89. The number of hydrogen-bond donors (Lipinski definition) is 3. The number of sulfonamides is 1. The Hall–Kier alpha value is -3.56. The monoisotopic (exact) mass is 508 g/mol. The Balaban J connectivity index is 1.84. The Morgan fingerprint density at radius 3 is 2.53 bits per heavy atom. The Labute approximate surface area is 189 Å². The van der Waals surface area contributed by atoms with E-state index in [-0.39, 0.29) is 11.4 Å². The lowest BCUT2D eigenvalue weighted by molar-refractivity contribution is -0.154. The molecular formula is C18H17F5N6O4S. The Bertz CT molecular complexity index is 1240. The van der Waals surface area contributed by atoms with Crippen LogP contribution in [0.5, 0.6) is 5.88 Å².